The molecule has 0 unspecified atom stereocenters. The van der Waals surface area contributed by atoms with Crippen LogP contribution >= 0.6 is 0 Å². The molecule has 2 rings (SSSR count). The molecule has 1 aromatic heterocycles. The highest BCUT2D eigenvalue weighted by Crippen LogP contribution is 2.31. The van der Waals surface area contributed by atoms with E-state index < -0.39 is 0 Å². The van der Waals surface area contributed by atoms with Crippen LogP contribution in [0.1, 0.15) is 5.56 Å². The molecule has 2 N–H and O–H groups in total. The monoisotopic (exact) mass is 187 g/mol. The summed E-state index contributed by atoms with van der Waals surface area (Å²) in [6, 6.07) is 2.87. The van der Waals surface area contributed by atoms with E-state index in [0.717, 1.165) is 10.9 Å². The van der Waals surface area contributed by atoms with Crippen molar-refractivity contribution in [1.29, 1.82) is 0 Å². The van der Waals surface area contributed by atoms with Gasteiger partial charge in [0.05, 0.1) is 0 Å². The smallest absolute Gasteiger partial charge is 0.128 e. The van der Waals surface area contributed by atoms with Crippen LogP contribution in [0.15, 0.2) is 31.1 Å². The Bertz CT molecular complexity index is 506. The Morgan fingerprint density at radius 1 is 1.14 bits per heavy atom. The maximum Gasteiger partial charge on any atom is 0.128 e. The number of nitrogens with zero attached hydrogens (tertiary/aromatic N) is 1. The van der Waals surface area contributed by atoms with Crippen molar-refractivity contribution in [3.8, 4) is 11.5 Å². The molecular weight excluding hydrogens is 178 g/mol. The van der Waals surface area contributed by atoms with Crippen molar-refractivity contribution in [1.82, 2.24) is 4.98 Å². The summed E-state index contributed by atoms with van der Waals surface area (Å²) in [5.74, 6) is 0.0560. The lowest BCUT2D eigenvalue weighted by Gasteiger charge is -2.04. The molecule has 0 aliphatic heterocycles. The standard InChI is InChI=1S/C11H9NO2/c1-2-7-5-12-6-10-9(7)3-8(13)4-11(10)14/h2-6,13-14H,1H2. The van der Waals surface area contributed by atoms with E-state index in [1.807, 2.05) is 0 Å². The summed E-state index contributed by atoms with van der Waals surface area (Å²) in [6.07, 6.45) is 4.82. The Labute approximate surface area is 81.0 Å². The summed E-state index contributed by atoms with van der Waals surface area (Å²) in [4.78, 5) is 3.96. The number of aromatic nitrogens is 1. The predicted octanol–water partition coefficient (Wildman–Crippen LogP) is 2.29. The van der Waals surface area contributed by atoms with E-state index in [1.54, 1.807) is 24.5 Å². The van der Waals surface area contributed by atoms with E-state index in [2.05, 4.69) is 11.6 Å². The van der Waals surface area contributed by atoms with Gasteiger partial charge in [-0.25, -0.2) is 0 Å². The molecule has 14 heavy (non-hydrogen) atoms. The van der Waals surface area contributed by atoms with Crippen LogP contribution in [-0.2, 0) is 0 Å². The predicted molar refractivity (Wildman–Crippen MR) is 55.2 cm³/mol. The summed E-state index contributed by atoms with van der Waals surface area (Å²) < 4.78 is 0. The fourth-order valence-electron chi connectivity index (χ4n) is 1.42. The van der Waals surface area contributed by atoms with Gasteiger partial charge in [-0.2, -0.15) is 0 Å². The van der Waals surface area contributed by atoms with Crippen LogP contribution in [0.3, 0.4) is 0 Å². The Kier molecular flexibility index (Phi) is 1.85. The summed E-state index contributed by atoms with van der Waals surface area (Å²) >= 11 is 0. The van der Waals surface area contributed by atoms with Gasteiger partial charge in [-0.15, -0.1) is 0 Å². The first kappa shape index (κ1) is 8.56. The molecule has 0 saturated heterocycles. The molecule has 0 aliphatic carbocycles. The molecule has 3 heteroatoms. The molecule has 0 spiro atoms. The molecular formula is C11H9NO2. The number of fused-ring (bicyclic) bond motifs is 1. The quantitative estimate of drug-likeness (QED) is 0.720. The maximum atomic E-state index is 9.54. The van der Waals surface area contributed by atoms with Gasteiger partial charge in [-0.1, -0.05) is 12.7 Å². The highest BCUT2D eigenvalue weighted by molar-refractivity contribution is 5.94. The largest absolute Gasteiger partial charge is 0.508 e. The summed E-state index contributed by atoms with van der Waals surface area (Å²) in [5, 5.41) is 20.2. The number of rotatable bonds is 1. The van der Waals surface area contributed by atoms with Crippen molar-refractivity contribution >= 4 is 16.8 Å². The number of hydrogen-bond acceptors (Lipinski definition) is 3. The molecule has 0 radical (unpaired) electrons. The van der Waals surface area contributed by atoms with Crippen LogP contribution in [0.25, 0.3) is 16.8 Å². The number of pyridine rings is 1. The zero-order valence-corrected chi connectivity index (χ0v) is 7.44. The number of aromatic hydroxyl groups is 2. The molecule has 1 aromatic carbocycles. The van der Waals surface area contributed by atoms with Gasteiger partial charge in [0.2, 0.25) is 0 Å². The van der Waals surface area contributed by atoms with E-state index in [4.69, 9.17) is 0 Å². The molecule has 3 nitrogen and oxygen atoms in total. The molecule has 0 aliphatic rings. The Morgan fingerprint density at radius 2 is 1.93 bits per heavy atom. The lowest BCUT2D eigenvalue weighted by Crippen LogP contribution is -1.82. The van der Waals surface area contributed by atoms with E-state index >= 15 is 0 Å². The second kappa shape index (κ2) is 3.03. The third-order valence-corrected chi connectivity index (χ3v) is 2.09. The second-order valence-electron chi connectivity index (χ2n) is 2.99. The van der Waals surface area contributed by atoms with Gasteiger partial charge in [-0.3, -0.25) is 4.98 Å². The molecule has 0 atom stereocenters. The van der Waals surface area contributed by atoms with Crippen molar-refractivity contribution in [2.45, 2.75) is 0 Å². The molecule has 70 valence electrons. The highest BCUT2D eigenvalue weighted by Gasteiger charge is 2.04. The van der Waals surface area contributed by atoms with E-state index in [1.165, 1.54) is 6.07 Å². The lowest BCUT2D eigenvalue weighted by molar-refractivity contribution is 0.455. The summed E-state index contributed by atoms with van der Waals surface area (Å²) in [7, 11) is 0. The van der Waals surface area contributed by atoms with E-state index in [0.29, 0.717) is 5.39 Å². The molecule has 0 bridgehead atoms. The average molecular weight is 187 g/mol. The van der Waals surface area contributed by atoms with Crippen LogP contribution in [0.4, 0.5) is 0 Å². The molecule has 2 aromatic rings. The molecule has 1 heterocycles. The third-order valence-electron chi connectivity index (χ3n) is 2.09. The first-order valence-electron chi connectivity index (χ1n) is 4.14. The summed E-state index contributed by atoms with van der Waals surface area (Å²) in [6.45, 7) is 3.64. The van der Waals surface area contributed by atoms with Gasteiger partial charge in [0.15, 0.2) is 0 Å². The maximum absolute atomic E-state index is 9.54. The topological polar surface area (TPSA) is 53.4 Å². The van der Waals surface area contributed by atoms with Gasteiger partial charge in [0.25, 0.3) is 0 Å². The zero-order chi connectivity index (χ0) is 10.1. The number of benzene rings is 1. The van der Waals surface area contributed by atoms with E-state index in [-0.39, 0.29) is 11.5 Å². The normalized spacial score (nSPS) is 10.3. The zero-order valence-electron chi connectivity index (χ0n) is 7.44. The lowest BCUT2D eigenvalue weighted by atomic mass is 10.1. The van der Waals surface area contributed by atoms with Gasteiger partial charge in [0, 0.05) is 29.4 Å². The van der Waals surface area contributed by atoms with Gasteiger partial charge >= 0.3 is 0 Å². The highest BCUT2D eigenvalue weighted by atomic mass is 16.3. The third kappa shape index (κ3) is 1.19. The Hall–Kier alpha value is -2.03. The first-order valence-corrected chi connectivity index (χ1v) is 4.14. The number of phenols is 2. The number of hydrogen-bond donors (Lipinski definition) is 2. The first-order chi connectivity index (χ1) is 6.72. The molecule has 0 fully saturated rings. The Morgan fingerprint density at radius 3 is 2.64 bits per heavy atom. The second-order valence-corrected chi connectivity index (χ2v) is 2.99. The molecule has 0 saturated carbocycles. The van der Waals surface area contributed by atoms with Crippen molar-refractivity contribution in [2.75, 3.05) is 0 Å². The number of phenolic OH excluding ortho intramolecular Hbond substituents is 2. The van der Waals surface area contributed by atoms with Crippen molar-refractivity contribution in [3.63, 3.8) is 0 Å². The minimum atomic E-state index is 0.0243. The summed E-state index contributed by atoms with van der Waals surface area (Å²) in [5.41, 5.74) is 0.786. The average Bonchev–Trinajstić information content (AvgIpc) is 2.17. The van der Waals surface area contributed by atoms with Gasteiger partial charge in [-0.05, 0) is 11.5 Å². The van der Waals surface area contributed by atoms with Crippen molar-refractivity contribution < 1.29 is 10.2 Å². The fourth-order valence-corrected chi connectivity index (χ4v) is 1.42. The Balaban J connectivity index is 2.93. The van der Waals surface area contributed by atoms with Crippen molar-refractivity contribution in [3.05, 3.63) is 36.7 Å². The van der Waals surface area contributed by atoms with Crippen molar-refractivity contribution in [2.24, 2.45) is 0 Å². The fraction of sp³-hybridized carbons (Fsp3) is 0. The van der Waals surface area contributed by atoms with Crippen LogP contribution in [0.2, 0.25) is 0 Å². The van der Waals surface area contributed by atoms with Crippen LogP contribution in [0.5, 0.6) is 11.5 Å². The minimum absolute atomic E-state index is 0.0243. The van der Waals surface area contributed by atoms with E-state index in [9.17, 15) is 10.2 Å². The van der Waals surface area contributed by atoms with Gasteiger partial charge in [0.1, 0.15) is 11.5 Å². The molecule has 0 amide bonds. The van der Waals surface area contributed by atoms with Gasteiger partial charge < -0.3 is 10.2 Å². The van der Waals surface area contributed by atoms with Crippen LogP contribution in [0, 0.1) is 0 Å². The van der Waals surface area contributed by atoms with Crippen LogP contribution in [-0.4, -0.2) is 15.2 Å². The SMILES string of the molecule is C=Cc1cncc2c(O)cc(O)cc12. The van der Waals surface area contributed by atoms with Crippen LogP contribution < -0.4 is 0 Å². The minimum Gasteiger partial charge on any atom is -0.508 e.